The van der Waals surface area contributed by atoms with Gasteiger partial charge in [0.2, 0.25) is 0 Å². The van der Waals surface area contributed by atoms with Gasteiger partial charge in [-0.15, -0.1) is 0 Å². The van der Waals surface area contributed by atoms with E-state index in [2.05, 4.69) is 13.5 Å². The molecular formula is C15H20O2. The van der Waals surface area contributed by atoms with E-state index in [-0.39, 0.29) is 5.92 Å². The highest BCUT2D eigenvalue weighted by Gasteiger charge is 2.14. The molecule has 0 aliphatic rings. The molecule has 0 saturated heterocycles. The van der Waals surface area contributed by atoms with Gasteiger partial charge < -0.3 is 4.74 Å². The zero-order valence-corrected chi connectivity index (χ0v) is 10.6. The Morgan fingerprint density at radius 3 is 2.53 bits per heavy atom. The van der Waals surface area contributed by atoms with Crippen LogP contribution in [0.5, 0.6) is 5.75 Å². The Kier molecular flexibility index (Phi) is 5.47. The second-order valence-electron chi connectivity index (χ2n) is 4.16. The lowest BCUT2D eigenvalue weighted by Crippen LogP contribution is -2.03. The highest BCUT2D eigenvalue weighted by molar-refractivity contribution is 5.74. The van der Waals surface area contributed by atoms with E-state index >= 15 is 0 Å². The van der Waals surface area contributed by atoms with Crippen LogP contribution in [0.25, 0.3) is 0 Å². The van der Waals surface area contributed by atoms with E-state index in [9.17, 15) is 4.79 Å². The Hall–Kier alpha value is -1.57. The fourth-order valence-corrected chi connectivity index (χ4v) is 1.89. The summed E-state index contributed by atoms with van der Waals surface area (Å²) >= 11 is 0. The zero-order chi connectivity index (χ0) is 12.7. The first-order chi connectivity index (χ1) is 8.22. The van der Waals surface area contributed by atoms with Crippen molar-refractivity contribution in [2.75, 3.05) is 7.11 Å². The van der Waals surface area contributed by atoms with Crippen molar-refractivity contribution >= 4 is 6.29 Å². The monoisotopic (exact) mass is 232 g/mol. The Bertz CT molecular complexity index is 365. The smallest absolute Gasteiger partial charge is 0.146 e. The van der Waals surface area contributed by atoms with Crippen LogP contribution in [0.3, 0.4) is 0 Å². The molecule has 0 aliphatic carbocycles. The first-order valence-electron chi connectivity index (χ1n) is 6.00. The van der Waals surface area contributed by atoms with Gasteiger partial charge in [0, 0.05) is 5.92 Å². The molecule has 92 valence electrons. The van der Waals surface area contributed by atoms with Crippen LogP contribution in [0.4, 0.5) is 0 Å². The van der Waals surface area contributed by atoms with Gasteiger partial charge in [0.25, 0.3) is 0 Å². The van der Waals surface area contributed by atoms with Crippen LogP contribution in [-0.4, -0.2) is 13.4 Å². The van der Waals surface area contributed by atoms with Gasteiger partial charge in [0.15, 0.2) is 0 Å². The Morgan fingerprint density at radius 2 is 2.06 bits per heavy atom. The van der Waals surface area contributed by atoms with Gasteiger partial charge in [-0.05, 0) is 29.7 Å². The molecule has 1 rings (SSSR count). The van der Waals surface area contributed by atoms with Crippen LogP contribution >= 0.6 is 0 Å². The molecule has 1 atom stereocenters. The number of carbonyl (C=O) groups excluding carboxylic acids is 1. The average molecular weight is 232 g/mol. The molecule has 0 spiro atoms. The van der Waals surface area contributed by atoms with Gasteiger partial charge in [-0.25, -0.2) is 0 Å². The summed E-state index contributed by atoms with van der Waals surface area (Å²) in [7, 11) is 1.65. The van der Waals surface area contributed by atoms with E-state index in [0.29, 0.717) is 5.57 Å². The minimum atomic E-state index is 0.137. The number of aldehydes is 1. The van der Waals surface area contributed by atoms with Crippen molar-refractivity contribution in [2.45, 2.75) is 32.1 Å². The van der Waals surface area contributed by atoms with Crippen molar-refractivity contribution in [2.24, 2.45) is 0 Å². The van der Waals surface area contributed by atoms with E-state index < -0.39 is 0 Å². The lowest BCUT2D eigenvalue weighted by Gasteiger charge is -2.16. The first-order valence-corrected chi connectivity index (χ1v) is 6.00. The van der Waals surface area contributed by atoms with Gasteiger partial charge in [-0.2, -0.15) is 0 Å². The molecule has 1 aromatic rings. The minimum Gasteiger partial charge on any atom is -0.497 e. The number of methoxy groups -OCH3 is 1. The van der Waals surface area contributed by atoms with E-state index in [1.54, 1.807) is 7.11 Å². The number of unbranched alkanes of at least 4 members (excludes halogenated alkanes) is 1. The summed E-state index contributed by atoms with van der Waals surface area (Å²) in [6.07, 6.45) is 4.06. The third kappa shape index (κ3) is 3.74. The van der Waals surface area contributed by atoms with Gasteiger partial charge >= 0.3 is 0 Å². The summed E-state index contributed by atoms with van der Waals surface area (Å²) in [5.74, 6) is 0.970. The van der Waals surface area contributed by atoms with Crippen LogP contribution in [0.2, 0.25) is 0 Å². The molecule has 0 aliphatic heterocycles. The molecule has 2 nitrogen and oxygen atoms in total. The van der Waals surface area contributed by atoms with Gasteiger partial charge in [0.1, 0.15) is 12.0 Å². The van der Waals surface area contributed by atoms with Crippen molar-refractivity contribution in [3.63, 3.8) is 0 Å². The molecule has 0 saturated carbocycles. The molecule has 0 aromatic heterocycles. The van der Waals surface area contributed by atoms with Gasteiger partial charge in [-0.3, -0.25) is 4.79 Å². The third-order valence-corrected chi connectivity index (χ3v) is 2.96. The number of carbonyl (C=O) groups is 1. The fourth-order valence-electron chi connectivity index (χ4n) is 1.89. The number of hydrogen-bond acceptors (Lipinski definition) is 2. The molecule has 0 heterocycles. The number of hydrogen-bond donors (Lipinski definition) is 0. The van der Waals surface area contributed by atoms with Crippen LogP contribution in [0.15, 0.2) is 36.4 Å². The maximum absolute atomic E-state index is 10.9. The second kappa shape index (κ2) is 6.89. The normalized spacial score (nSPS) is 11.9. The molecule has 1 aromatic carbocycles. The predicted octanol–water partition coefficient (Wildman–Crippen LogP) is 3.72. The summed E-state index contributed by atoms with van der Waals surface area (Å²) in [5.41, 5.74) is 1.79. The lowest BCUT2D eigenvalue weighted by molar-refractivity contribution is -0.105. The molecule has 0 N–H and O–H groups in total. The Balaban J connectivity index is 2.87. The molecule has 0 amide bonds. The van der Waals surface area contributed by atoms with Gasteiger partial charge in [-0.1, -0.05) is 38.5 Å². The largest absolute Gasteiger partial charge is 0.497 e. The maximum Gasteiger partial charge on any atom is 0.146 e. The van der Waals surface area contributed by atoms with Crippen molar-refractivity contribution in [3.8, 4) is 5.75 Å². The van der Waals surface area contributed by atoms with Crippen LogP contribution in [-0.2, 0) is 4.79 Å². The van der Waals surface area contributed by atoms with Crippen molar-refractivity contribution in [1.29, 1.82) is 0 Å². The highest BCUT2D eigenvalue weighted by atomic mass is 16.5. The highest BCUT2D eigenvalue weighted by Crippen LogP contribution is 2.29. The fraction of sp³-hybridized carbons (Fsp3) is 0.400. The number of rotatable bonds is 7. The van der Waals surface area contributed by atoms with Crippen molar-refractivity contribution in [3.05, 3.63) is 42.0 Å². The maximum atomic E-state index is 10.9. The van der Waals surface area contributed by atoms with Crippen molar-refractivity contribution in [1.82, 2.24) is 0 Å². The number of ether oxygens (including phenoxy) is 1. The van der Waals surface area contributed by atoms with E-state index in [4.69, 9.17) is 4.74 Å². The SMILES string of the molecule is C=C(C=O)C(CCCC)c1ccc(OC)cc1. The zero-order valence-electron chi connectivity index (χ0n) is 10.6. The van der Waals surface area contributed by atoms with Crippen LogP contribution in [0.1, 0.15) is 37.7 Å². The van der Waals surface area contributed by atoms with E-state index in [1.165, 1.54) is 0 Å². The Morgan fingerprint density at radius 1 is 1.41 bits per heavy atom. The van der Waals surface area contributed by atoms with E-state index in [0.717, 1.165) is 36.9 Å². The van der Waals surface area contributed by atoms with E-state index in [1.807, 2.05) is 24.3 Å². The molecular weight excluding hydrogens is 212 g/mol. The van der Waals surface area contributed by atoms with Gasteiger partial charge in [0.05, 0.1) is 7.11 Å². The van der Waals surface area contributed by atoms with Crippen LogP contribution in [0, 0.1) is 0 Å². The quantitative estimate of drug-likeness (QED) is 0.529. The minimum absolute atomic E-state index is 0.137. The standard InChI is InChI=1S/C15H20O2/c1-4-5-6-15(12(2)11-16)13-7-9-14(17-3)10-8-13/h7-11,15H,2,4-6H2,1,3H3. The topological polar surface area (TPSA) is 26.3 Å². The Labute approximate surface area is 103 Å². The molecule has 0 fully saturated rings. The molecule has 17 heavy (non-hydrogen) atoms. The molecule has 0 radical (unpaired) electrons. The first kappa shape index (κ1) is 13.5. The van der Waals surface area contributed by atoms with Crippen molar-refractivity contribution < 1.29 is 9.53 Å². The summed E-state index contributed by atoms with van der Waals surface area (Å²) in [4.78, 5) is 10.9. The summed E-state index contributed by atoms with van der Waals surface area (Å²) in [5, 5.41) is 0. The average Bonchev–Trinajstić information content (AvgIpc) is 2.39. The number of allylic oxidation sites excluding steroid dienone is 1. The van der Waals surface area contributed by atoms with Crippen LogP contribution < -0.4 is 4.74 Å². The molecule has 1 unspecified atom stereocenters. The number of benzene rings is 1. The second-order valence-corrected chi connectivity index (χ2v) is 4.16. The lowest BCUT2D eigenvalue weighted by atomic mass is 9.88. The molecule has 2 heteroatoms. The predicted molar refractivity (Wildman–Crippen MR) is 70.5 cm³/mol. The molecule has 0 bridgehead atoms. The summed E-state index contributed by atoms with van der Waals surface area (Å²) < 4.78 is 5.12. The summed E-state index contributed by atoms with van der Waals surface area (Å²) in [6.45, 7) is 5.99. The summed E-state index contributed by atoms with van der Waals surface area (Å²) in [6, 6.07) is 7.86. The third-order valence-electron chi connectivity index (χ3n) is 2.96.